The molecule has 0 aliphatic heterocycles. The van der Waals surface area contributed by atoms with Gasteiger partial charge in [-0.1, -0.05) is 38.8 Å². The Morgan fingerprint density at radius 3 is 2.58 bits per heavy atom. The molecule has 2 rings (SSSR count). The number of para-hydroxylation sites is 1. The molecule has 3 heteroatoms. The first-order chi connectivity index (χ1) is 9.35. The Morgan fingerprint density at radius 1 is 1.00 bits per heavy atom. The largest absolute Gasteiger partial charge is 0.369 e. The number of anilines is 1. The summed E-state index contributed by atoms with van der Waals surface area (Å²) in [4.78, 5) is 9.34. The second-order valence-corrected chi connectivity index (χ2v) is 4.89. The molecule has 19 heavy (non-hydrogen) atoms. The second-order valence-electron chi connectivity index (χ2n) is 4.89. The first-order valence-electron chi connectivity index (χ1n) is 7.34. The number of benzene rings is 1. The average Bonchev–Trinajstić information content (AvgIpc) is 2.45. The van der Waals surface area contributed by atoms with E-state index >= 15 is 0 Å². The monoisotopic (exact) mass is 257 g/mol. The van der Waals surface area contributed by atoms with E-state index in [-0.39, 0.29) is 0 Å². The summed E-state index contributed by atoms with van der Waals surface area (Å²) in [5.41, 5.74) is 1.04. The SMILES string of the molecule is CCCCNc1nc(CCCC)nc2ccccc12. The molecule has 2 aromatic rings. The van der Waals surface area contributed by atoms with Gasteiger partial charge in [0.2, 0.25) is 0 Å². The Bertz CT molecular complexity index is 522. The Kier molecular flexibility index (Phi) is 5.13. The van der Waals surface area contributed by atoms with E-state index < -0.39 is 0 Å². The van der Waals surface area contributed by atoms with E-state index in [1.165, 1.54) is 19.3 Å². The van der Waals surface area contributed by atoms with Gasteiger partial charge in [0.25, 0.3) is 0 Å². The maximum atomic E-state index is 4.69. The van der Waals surface area contributed by atoms with Crippen LogP contribution in [-0.2, 0) is 6.42 Å². The molecule has 3 nitrogen and oxygen atoms in total. The van der Waals surface area contributed by atoms with Crippen molar-refractivity contribution in [1.82, 2.24) is 9.97 Å². The quantitative estimate of drug-likeness (QED) is 0.756. The van der Waals surface area contributed by atoms with Crippen LogP contribution >= 0.6 is 0 Å². The Hall–Kier alpha value is -1.64. The van der Waals surface area contributed by atoms with Crippen molar-refractivity contribution in [1.29, 1.82) is 0 Å². The number of rotatable bonds is 7. The molecule has 1 aromatic heterocycles. The highest BCUT2D eigenvalue weighted by molar-refractivity contribution is 5.88. The van der Waals surface area contributed by atoms with Crippen LogP contribution in [0.3, 0.4) is 0 Å². The van der Waals surface area contributed by atoms with Crippen molar-refractivity contribution in [3.8, 4) is 0 Å². The molecular formula is C16H23N3. The van der Waals surface area contributed by atoms with E-state index in [1.54, 1.807) is 0 Å². The number of aromatic nitrogens is 2. The van der Waals surface area contributed by atoms with E-state index in [1.807, 2.05) is 12.1 Å². The van der Waals surface area contributed by atoms with Gasteiger partial charge in [-0.2, -0.15) is 0 Å². The third kappa shape index (κ3) is 3.66. The van der Waals surface area contributed by atoms with Gasteiger partial charge in [0.15, 0.2) is 0 Å². The third-order valence-corrected chi connectivity index (χ3v) is 3.23. The molecule has 0 aliphatic carbocycles. The van der Waals surface area contributed by atoms with E-state index in [0.717, 1.165) is 41.9 Å². The van der Waals surface area contributed by atoms with E-state index in [0.29, 0.717) is 0 Å². The molecule has 0 saturated carbocycles. The highest BCUT2D eigenvalue weighted by Crippen LogP contribution is 2.20. The number of nitrogens with one attached hydrogen (secondary N) is 1. The van der Waals surface area contributed by atoms with E-state index in [4.69, 9.17) is 0 Å². The molecule has 102 valence electrons. The first kappa shape index (κ1) is 13.8. The van der Waals surface area contributed by atoms with Crippen molar-refractivity contribution in [2.24, 2.45) is 0 Å². The van der Waals surface area contributed by atoms with E-state index in [9.17, 15) is 0 Å². The number of unbranched alkanes of at least 4 members (excludes halogenated alkanes) is 2. The van der Waals surface area contributed by atoms with Crippen LogP contribution in [0.1, 0.15) is 45.4 Å². The number of hydrogen-bond donors (Lipinski definition) is 1. The lowest BCUT2D eigenvalue weighted by Crippen LogP contribution is -2.06. The van der Waals surface area contributed by atoms with Crippen LogP contribution in [0.15, 0.2) is 24.3 Å². The highest BCUT2D eigenvalue weighted by atomic mass is 15.0. The molecular weight excluding hydrogens is 234 g/mol. The minimum Gasteiger partial charge on any atom is -0.369 e. The average molecular weight is 257 g/mol. The van der Waals surface area contributed by atoms with Crippen LogP contribution < -0.4 is 5.32 Å². The second kappa shape index (κ2) is 7.07. The van der Waals surface area contributed by atoms with Gasteiger partial charge < -0.3 is 5.32 Å². The molecule has 1 N–H and O–H groups in total. The van der Waals surface area contributed by atoms with Gasteiger partial charge in [-0.25, -0.2) is 9.97 Å². The predicted molar refractivity (Wildman–Crippen MR) is 81.5 cm³/mol. The van der Waals surface area contributed by atoms with Crippen molar-refractivity contribution in [3.05, 3.63) is 30.1 Å². The zero-order valence-electron chi connectivity index (χ0n) is 11.9. The Labute approximate surface area is 115 Å². The van der Waals surface area contributed by atoms with Crippen LogP contribution in [0.4, 0.5) is 5.82 Å². The molecule has 0 atom stereocenters. The summed E-state index contributed by atoms with van der Waals surface area (Å²) >= 11 is 0. The van der Waals surface area contributed by atoms with Gasteiger partial charge in [0.1, 0.15) is 11.6 Å². The number of fused-ring (bicyclic) bond motifs is 1. The maximum Gasteiger partial charge on any atom is 0.137 e. The minimum absolute atomic E-state index is 0.958. The first-order valence-corrected chi connectivity index (χ1v) is 7.34. The number of hydrogen-bond acceptors (Lipinski definition) is 3. The fraction of sp³-hybridized carbons (Fsp3) is 0.500. The molecule has 0 spiro atoms. The summed E-state index contributed by atoms with van der Waals surface area (Å²) in [5, 5.41) is 4.58. The van der Waals surface area contributed by atoms with Gasteiger partial charge in [-0.3, -0.25) is 0 Å². The van der Waals surface area contributed by atoms with Crippen LogP contribution in [0.25, 0.3) is 10.9 Å². The molecule has 0 radical (unpaired) electrons. The molecule has 1 aromatic carbocycles. The summed E-state index contributed by atoms with van der Waals surface area (Å²) in [5.74, 6) is 1.95. The lowest BCUT2D eigenvalue weighted by molar-refractivity contribution is 0.755. The lowest BCUT2D eigenvalue weighted by atomic mass is 10.2. The topological polar surface area (TPSA) is 37.8 Å². The maximum absolute atomic E-state index is 4.69. The van der Waals surface area contributed by atoms with Crippen molar-refractivity contribution in [2.45, 2.75) is 46.0 Å². The molecule has 0 unspecified atom stereocenters. The van der Waals surface area contributed by atoms with Gasteiger partial charge in [-0.05, 0) is 25.0 Å². The van der Waals surface area contributed by atoms with Crippen molar-refractivity contribution >= 4 is 16.7 Å². The van der Waals surface area contributed by atoms with Gasteiger partial charge in [0, 0.05) is 18.4 Å². The van der Waals surface area contributed by atoms with Crippen molar-refractivity contribution < 1.29 is 0 Å². The van der Waals surface area contributed by atoms with Crippen LogP contribution in [0.5, 0.6) is 0 Å². The third-order valence-electron chi connectivity index (χ3n) is 3.23. The molecule has 0 saturated heterocycles. The number of nitrogens with zero attached hydrogens (tertiary/aromatic N) is 2. The zero-order valence-corrected chi connectivity index (χ0v) is 11.9. The standard InChI is InChI=1S/C16H23N3/c1-3-5-11-15-18-14-10-8-7-9-13(14)16(19-15)17-12-6-4-2/h7-10H,3-6,11-12H2,1-2H3,(H,17,18,19). The number of aryl methyl sites for hydroxylation is 1. The molecule has 0 aliphatic rings. The summed E-state index contributed by atoms with van der Waals surface area (Å²) in [6.45, 7) is 5.37. The smallest absolute Gasteiger partial charge is 0.137 e. The van der Waals surface area contributed by atoms with Crippen LogP contribution in [0.2, 0.25) is 0 Å². The summed E-state index contributed by atoms with van der Waals surface area (Å²) in [6.07, 6.45) is 5.65. The van der Waals surface area contributed by atoms with Gasteiger partial charge >= 0.3 is 0 Å². The molecule has 0 amide bonds. The fourth-order valence-corrected chi connectivity index (χ4v) is 2.09. The van der Waals surface area contributed by atoms with Gasteiger partial charge in [-0.15, -0.1) is 0 Å². The molecule has 1 heterocycles. The lowest BCUT2D eigenvalue weighted by Gasteiger charge is -2.10. The predicted octanol–water partition coefficient (Wildman–Crippen LogP) is 4.18. The zero-order chi connectivity index (χ0) is 13.5. The van der Waals surface area contributed by atoms with Crippen molar-refractivity contribution in [3.63, 3.8) is 0 Å². The van der Waals surface area contributed by atoms with Crippen LogP contribution in [0, 0.1) is 0 Å². The fourth-order valence-electron chi connectivity index (χ4n) is 2.09. The summed E-state index contributed by atoms with van der Waals surface area (Å²) < 4.78 is 0. The summed E-state index contributed by atoms with van der Waals surface area (Å²) in [7, 11) is 0. The normalized spacial score (nSPS) is 10.8. The van der Waals surface area contributed by atoms with E-state index in [2.05, 4.69) is 41.3 Å². The molecule has 0 fully saturated rings. The van der Waals surface area contributed by atoms with Gasteiger partial charge in [0.05, 0.1) is 5.52 Å². The highest BCUT2D eigenvalue weighted by Gasteiger charge is 2.06. The van der Waals surface area contributed by atoms with Crippen LogP contribution in [-0.4, -0.2) is 16.5 Å². The Balaban J connectivity index is 2.28. The summed E-state index contributed by atoms with van der Waals surface area (Å²) in [6, 6.07) is 8.24. The Morgan fingerprint density at radius 2 is 1.79 bits per heavy atom. The molecule has 0 bridgehead atoms. The van der Waals surface area contributed by atoms with Crippen molar-refractivity contribution in [2.75, 3.05) is 11.9 Å². The minimum atomic E-state index is 0.958.